The van der Waals surface area contributed by atoms with Crippen molar-refractivity contribution in [2.45, 2.75) is 5.92 Å². The molecule has 4 N–H and O–H groups in total. The van der Waals surface area contributed by atoms with Crippen molar-refractivity contribution in [3.8, 4) is 34.5 Å². The number of halogens is 1. The van der Waals surface area contributed by atoms with E-state index in [4.69, 9.17) is 10.5 Å². The van der Waals surface area contributed by atoms with Gasteiger partial charge >= 0.3 is 0 Å². The second-order valence-corrected chi connectivity index (χ2v) is 6.69. The van der Waals surface area contributed by atoms with E-state index in [1.165, 1.54) is 12.1 Å². The van der Waals surface area contributed by atoms with Crippen LogP contribution in [0.1, 0.15) is 17.0 Å². The van der Waals surface area contributed by atoms with Crippen LogP contribution in [0.3, 0.4) is 0 Å². The molecule has 3 aromatic heterocycles. The van der Waals surface area contributed by atoms with Gasteiger partial charge in [0.25, 0.3) is 0 Å². The molecule has 0 fully saturated rings. The number of allylic oxidation sites excluding steroid dienone is 1. The second kappa shape index (κ2) is 6.86. The fraction of sp³-hybridized carbons (Fsp3) is 0.0476. The second-order valence-electron chi connectivity index (χ2n) is 6.69. The fourth-order valence-electron chi connectivity index (χ4n) is 3.66. The monoisotopic (exact) mass is 399 g/mol. The van der Waals surface area contributed by atoms with E-state index in [0.717, 1.165) is 11.1 Å². The molecule has 0 unspecified atom stereocenters. The molecule has 1 atom stereocenters. The number of hydrogen-bond donors (Lipinski definition) is 3. The lowest BCUT2D eigenvalue weighted by Crippen LogP contribution is -2.21. The lowest BCUT2D eigenvalue weighted by molar-refractivity contribution is 0.379. The molecule has 30 heavy (non-hydrogen) atoms. The minimum Gasteiger partial charge on any atom is -0.420 e. The number of H-pyrrole nitrogens is 2. The molecular formula is C21H14FN7O. The molecule has 4 aromatic rings. The molecule has 0 spiro atoms. The van der Waals surface area contributed by atoms with Crippen LogP contribution in [0.25, 0.3) is 22.5 Å². The van der Waals surface area contributed by atoms with E-state index in [-0.39, 0.29) is 23.2 Å². The van der Waals surface area contributed by atoms with Crippen molar-refractivity contribution in [3.63, 3.8) is 0 Å². The molecular weight excluding hydrogens is 385 g/mol. The van der Waals surface area contributed by atoms with Gasteiger partial charge in [0.2, 0.25) is 11.8 Å². The van der Waals surface area contributed by atoms with Crippen LogP contribution in [0.4, 0.5) is 4.39 Å². The van der Waals surface area contributed by atoms with Gasteiger partial charge in [-0.15, -0.1) is 5.10 Å². The Bertz CT molecular complexity index is 1300. The number of aromatic amines is 2. The summed E-state index contributed by atoms with van der Waals surface area (Å²) in [6, 6.07) is 11.8. The Labute approximate surface area is 169 Å². The third-order valence-electron chi connectivity index (χ3n) is 5.02. The maximum Gasteiger partial charge on any atom is 0.244 e. The number of nitrogens with one attached hydrogen (secondary N) is 2. The number of ether oxygens (including phenoxy) is 1. The number of fused-ring (bicyclic) bond motifs is 1. The van der Waals surface area contributed by atoms with E-state index in [2.05, 4.69) is 31.4 Å². The molecule has 8 nitrogen and oxygen atoms in total. The lowest BCUT2D eigenvalue weighted by atomic mass is 9.82. The molecule has 146 valence electrons. The highest BCUT2D eigenvalue weighted by molar-refractivity contribution is 5.74. The number of nitrogens with zero attached hydrogens (tertiary/aromatic N) is 4. The first-order valence-electron chi connectivity index (χ1n) is 9.03. The Kier molecular flexibility index (Phi) is 4.03. The molecule has 9 heteroatoms. The van der Waals surface area contributed by atoms with Crippen molar-refractivity contribution in [2.75, 3.05) is 0 Å². The molecule has 0 saturated carbocycles. The SMILES string of the molecule is N#CC1=C(N)Oc2n[nH]c(-c3ccncc3)c2[C@@H]1c1cn[nH]c1-c1ccc(F)cc1. The minimum absolute atomic E-state index is 0.0194. The molecule has 1 aromatic carbocycles. The van der Waals surface area contributed by atoms with Gasteiger partial charge in [-0.05, 0) is 36.4 Å². The van der Waals surface area contributed by atoms with Crippen LogP contribution in [0.15, 0.2) is 66.4 Å². The van der Waals surface area contributed by atoms with Crippen molar-refractivity contribution in [3.05, 3.63) is 83.4 Å². The van der Waals surface area contributed by atoms with Crippen LogP contribution in [0.5, 0.6) is 5.88 Å². The number of hydrogen-bond acceptors (Lipinski definition) is 6. The van der Waals surface area contributed by atoms with E-state index in [0.29, 0.717) is 22.5 Å². The number of benzene rings is 1. The van der Waals surface area contributed by atoms with Gasteiger partial charge in [-0.25, -0.2) is 4.39 Å². The molecule has 0 amide bonds. The summed E-state index contributed by atoms with van der Waals surface area (Å²) < 4.78 is 19.0. The van der Waals surface area contributed by atoms with Crippen molar-refractivity contribution in [1.29, 1.82) is 5.26 Å². The van der Waals surface area contributed by atoms with Gasteiger partial charge in [-0.3, -0.25) is 15.2 Å². The third-order valence-corrected chi connectivity index (χ3v) is 5.02. The molecule has 1 aliphatic heterocycles. The zero-order chi connectivity index (χ0) is 20.7. The maximum absolute atomic E-state index is 13.4. The van der Waals surface area contributed by atoms with Gasteiger partial charge in [0.05, 0.1) is 29.1 Å². The van der Waals surface area contributed by atoms with Crippen LogP contribution in [-0.2, 0) is 0 Å². The van der Waals surface area contributed by atoms with Gasteiger partial charge in [-0.1, -0.05) is 0 Å². The number of nitrogens with two attached hydrogens (primary N) is 1. The van der Waals surface area contributed by atoms with Crippen molar-refractivity contribution in [2.24, 2.45) is 5.73 Å². The summed E-state index contributed by atoms with van der Waals surface area (Å²) in [5, 5.41) is 24.2. The molecule has 0 radical (unpaired) electrons. The van der Waals surface area contributed by atoms with Crippen LogP contribution in [0, 0.1) is 17.1 Å². The number of rotatable bonds is 3. The Morgan fingerprint density at radius 2 is 1.77 bits per heavy atom. The predicted molar refractivity (Wildman–Crippen MR) is 105 cm³/mol. The zero-order valence-electron chi connectivity index (χ0n) is 15.4. The summed E-state index contributed by atoms with van der Waals surface area (Å²) >= 11 is 0. The number of nitriles is 1. The molecule has 0 aliphatic carbocycles. The third kappa shape index (κ3) is 2.70. The number of pyridine rings is 1. The van der Waals surface area contributed by atoms with Crippen LogP contribution < -0.4 is 10.5 Å². The van der Waals surface area contributed by atoms with E-state index in [1.54, 1.807) is 30.7 Å². The average molecular weight is 399 g/mol. The molecule has 0 saturated heterocycles. The first-order valence-corrected chi connectivity index (χ1v) is 9.03. The largest absolute Gasteiger partial charge is 0.420 e. The minimum atomic E-state index is -0.584. The first-order chi connectivity index (χ1) is 14.7. The van der Waals surface area contributed by atoms with Crippen LogP contribution in [-0.4, -0.2) is 25.4 Å². The number of aromatic nitrogens is 5. The zero-order valence-corrected chi connectivity index (χ0v) is 15.4. The lowest BCUT2D eigenvalue weighted by Gasteiger charge is -2.24. The Hall–Kier alpha value is -4.45. The highest BCUT2D eigenvalue weighted by atomic mass is 19.1. The predicted octanol–water partition coefficient (Wildman–Crippen LogP) is 3.22. The molecule has 1 aliphatic rings. The van der Waals surface area contributed by atoms with Crippen molar-refractivity contribution >= 4 is 0 Å². The van der Waals surface area contributed by atoms with E-state index >= 15 is 0 Å². The van der Waals surface area contributed by atoms with Crippen molar-refractivity contribution < 1.29 is 9.13 Å². The summed E-state index contributed by atoms with van der Waals surface area (Å²) in [7, 11) is 0. The molecule has 0 bridgehead atoms. The van der Waals surface area contributed by atoms with Gasteiger partial charge in [0.15, 0.2) is 0 Å². The molecule has 4 heterocycles. The summed E-state index contributed by atoms with van der Waals surface area (Å²) in [4.78, 5) is 4.05. The summed E-state index contributed by atoms with van der Waals surface area (Å²) in [5.74, 6) is -0.659. The van der Waals surface area contributed by atoms with Gasteiger partial charge < -0.3 is 10.5 Å². The van der Waals surface area contributed by atoms with Crippen LogP contribution >= 0.6 is 0 Å². The molecule has 5 rings (SSSR count). The van der Waals surface area contributed by atoms with Gasteiger partial charge in [-0.2, -0.15) is 10.4 Å². The normalized spacial score (nSPS) is 15.4. The van der Waals surface area contributed by atoms with E-state index in [9.17, 15) is 9.65 Å². The Morgan fingerprint density at radius 1 is 1.03 bits per heavy atom. The summed E-state index contributed by atoms with van der Waals surface area (Å²) in [5.41, 5.74) is 10.5. The fourth-order valence-corrected chi connectivity index (χ4v) is 3.66. The first kappa shape index (κ1) is 17.6. The summed E-state index contributed by atoms with van der Waals surface area (Å²) in [6.07, 6.45) is 4.96. The van der Waals surface area contributed by atoms with Gasteiger partial charge in [0.1, 0.15) is 17.5 Å². The quantitative estimate of drug-likeness (QED) is 0.485. The van der Waals surface area contributed by atoms with E-state index in [1.807, 2.05) is 12.1 Å². The smallest absolute Gasteiger partial charge is 0.244 e. The maximum atomic E-state index is 13.4. The average Bonchev–Trinajstić information content (AvgIpc) is 3.41. The Balaban J connectivity index is 1.74. The standard InChI is InChI=1S/C21H14FN7O/c22-13-3-1-11(2-4-13)18-15(10-26-27-18)16-14(9-23)20(24)30-21-17(16)19(28-29-21)12-5-7-25-8-6-12/h1-8,10,16H,24H2,(H,26,27)(H,28,29)/t16-/m0/s1. The Morgan fingerprint density at radius 3 is 2.50 bits per heavy atom. The van der Waals surface area contributed by atoms with Gasteiger partial charge in [0, 0.05) is 29.1 Å². The topological polar surface area (TPSA) is 129 Å². The summed E-state index contributed by atoms with van der Waals surface area (Å²) in [6.45, 7) is 0. The van der Waals surface area contributed by atoms with E-state index < -0.39 is 5.92 Å². The highest BCUT2D eigenvalue weighted by Crippen LogP contribution is 2.47. The van der Waals surface area contributed by atoms with Crippen molar-refractivity contribution in [1.82, 2.24) is 25.4 Å². The highest BCUT2D eigenvalue weighted by Gasteiger charge is 2.37. The van der Waals surface area contributed by atoms with Crippen LogP contribution in [0.2, 0.25) is 0 Å².